The van der Waals surface area contributed by atoms with Crippen LogP contribution in [0, 0.1) is 11.3 Å². The second-order valence-electron chi connectivity index (χ2n) is 4.79. The Balaban J connectivity index is 2.00. The third kappa shape index (κ3) is 2.97. The molecule has 1 nitrogen and oxygen atoms in total. The molecule has 2 heteroatoms. The number of halogens is 1. The van der Waals surface area contributed by atoms with Crippen molar-refractivity contribution < 1.29 is 0 Å². The SMILES string of the molecule is N#Cc1ccc2cc(C=C(Cl)c3ccccc3)ccc2c1. The molecule has 0 aliphatic carbocycles. The van der Waals surface area contributed by atoms with Gasteiger partial charge in [0.25, 0.3) is 0 Å². The summed E-state index contributed by atoms with van der Waals surface area (Å²) in [5, 5.41) is 11.8. The topological polar surface area (TPSA) is 23.8 Å². The second kappa shape index (κ2) is 5.83. The van der Waals surface area contributed by atoms with E-state index in [9.17, 15) is 0 Å². The highest BCUT2D eigenvalue weighted by atomic mass is 35.5. The van der Waals surface area contributed by atoms with E-state index in [2.05, 4.69) is 12.1 Å². The maximum Gasteiger partial charge on any atom is 0.0991 e. The van der Waals surface area contributed by atoms with Gasteiger partial charge in [0.2, 0.25) is 0 Å². The molecule has 0 N–H and O–H groups in total. The number of rotatable bonds is 2. The molecule has 0 unspecified atom stereocenters. The fraction of sp³-hybridized carbons (Fsp3) is 0. The zero-order valence-corrected chi connectivity index (χ0v) is 12.0. The van der Waals surface area contributed by atoms with Crippen LogP contribution in [0.1, 0.15) is 16.7 Å². The third-order valence-electron chi connectivity index (χ3n) is 3.34. The van der Waals surface area contributed by atoms with Gasteiger partial charge in [0, 0.05) is 5.03 Å². The highest BCUT2D eigenvalue weighted by Gasteiger charge is 2.00. The predicted molar refractivity (Wildman–Crippen MR) is 88.8 cm³/mol. The predicted octanol–water partition coefficient (Wildman–Crippen LogP) is 5.45. The highest BCUT2D eigenvalue weighted by Crippen LogP contribution is 2.24. The number of nitriles is 1. The molecule has 0 fully saturated rings. The van der Waals surface area contributed by atoms with Crippen molar-refractivity contribution in [2.45, 2.75) is 0 Å². The molecular weight excluding hydrogens is 278 g/mol. The smallest absolute Gasteiger partial charge is 0.0991 e. The van der Waals surface area contributed by atoms with Gasteiger partial charge in [-0.15, -0.1) is 0 Å². The van der Waals surface area contributed by atoms with Crippen LogP contribution in [0.5, 0.6) is 0 Å². The van der Waals surface area contributed by atoms with Gasteiger partial charge in [-0.1, -0.05) is 60.1 Å². The molecule has 3 aromatic carbocycles. The lowest BCUT2D eigenvalue weighted by Gasteiger charge is -2.02. The summed E-state index contributed by atoms with van der Waals surface area (Å²) < 4.78 is 0. The van der Waals surface area contributed by atoms with Gasteiger partial charge >= 0.3 is 0 Å². The molecule has 0 atom stereocenters. The molecule has 3 rings (SSSR count). The van der Waals surface area contributed by atoms with E-state index in [1.165, 1.54) is 0 Å². The lowest BCUT2D eigenvalue weighted by Crippen LogP contribution is -1.80. The maximum absolute atomic E-state index is 8.92. The summed E-state index contributed by atoms with van der Waals surface area (Å²) in [6, 6.07) is 23.8. The van der Waals surface area contributed by atoms with E-state index in [1.807, 2.05) is 66.7 Å². The van der Waals surface area contributed by atoms with E-state index in [1.54, 1.807) is 0 Å². The van der Waals surface area contributed by atoms with Crippen molar-refractivity contribution in [2.24, 2.45) is 0 Å². The van der Waals surface area contributed by atoms with E-state index >= 15 is 0 Å². The molecule has 0 aliphatic heterocycles. The lowest BCUT2D eigenvalue weighted by molar-refractivity contribution is 1.50. The van der Waals surface area contributed by atoms with Crippen LogP contribution in [0.25, 0.3) is 21.9 Å². The third-order valence-corrected chi connectivity index (χ3v) is 3.66. The molecule has 3 aromatic rings. The Bertz CT molecular complexity index is 858. The van der Waals surface area contributed by atoms with E-state index in [-0.39, 0.29) is 0 Å². The first-order valence-electron chi connectivity index (χ1n) is 6.63. The van der Waals surface area contributed by atoms with Crippen LogP contribution in [0.15, 0.2) is 66.7 Å². The van der Waals surface area contributed by atoms with Crippen molar-refractivity contribution in [1.82, 2.24) is 0 Å². The molecule has 100 valence electrons. The first-order chi connectivity index (χ1) is 10.3. The summed E-state index contributed by atoms with van der Waals surface area (Å²) in [7, 11) is 0. The molecule has 0 heterocycles. The average molecular weight is 290 g/mol. The van der Waals surface area contributed by atoms with Crippen molar-refractivity contribution in [3.05, 3.63) is 83.4 Å². The molecule has 0 saturated carbocycles. The zero-order valence-electron chi connectivity index (χ0n) is 11.3. The first-order valence-corrected chi connectivity index (χ1v) is 7.00. The lowest BCUT2D eigenvalue weighted by atomic mass is 10.0. The van der Waals surface area contributed by atoms with Gasteiger partial charge in [-0.3, -0.25) is 0 Å². The summed E-state index contributed by atoms with van der Waals surface area (Å²) in [5.74, 6) is 0. The minimum atomic E-state index is 0.674. The Labute approximate surface area is 128 Å². The summed E-state index contributed by atoms with van der Waals surface area (Å²) >= 11 is 6.36. The van der Waals surface area contributed by atoms with Gasteiger partial charge in [0.15, 0.2) is 0 Å². The van der Waals surface area contributed by atoms with Crippen molar-refractivity contribution in [3.8, 4) is 6.07 Å². The fourth-order valence-corrected chi connectivity index (χ4v) is 2.50. The Hall–Kier alpha value is -2.56. The molecule has 0 aromatic heterocycles. The van der Waals surface area contributed by atoms with Crippen LogP contribution in [0.2, 0.25) is 0 Å². The van der Waals surface area contributed by atoms with Crippen LogP contribution in [0.3, 0.4) is 0 Å². The van der Waals surface area contributed by atoms with E-state index in [4.69, 9.17) is 16.9 Å². The molecular formula is C19H12ClN. The Morgan fingerprint density at radius 2 is 1.62 bits per heavy atom. The quantitative estimate of drug-likeness (QED) is 0.576. The Morgan fingerprint density at radius 3 is 2.38 bits per heavy atom. The Kier molecular flexibility index (Phi) is 3.73. The largest absolute Gasteiger partial charge is 0.192 e. The van der Waals surface area contributed by atoms with Crippen molar-refractivity contribution >= 4 is 33.5 Å². The molecule has 0 spiro atoms. The molecule has 0 aliphatic rings. The van der Waals surface area contributed by atoms with Crippen LogP contribution in [-0.4, -0.2) is 0 Å². The molecule has 0 radical (unpaired) electrons. The summed E-state index contributed by atoms with van der Waals surface area (Å²) in [6.07, 6.45) is 1.95. The number of hydrogen-bond acceptors (Lipinski definition) is 1. The maximum atomic E-state index is 8.92. The van der Waals surface area contributed by atoms with Crippen LogP contribution in [0.4, 0.5) is 0 Å². The van der Waals surface area contributed by atoms with Gasteiger partial charge in [-0.2, -0.15) is 5.26 Å². The molecule has 0 amide bonds. The van der Waals surface area contributed by atoms with Gasteiger partial charge in [0.1, 0.15) is 0 Å². The number of fused-ring (bicyclic) bond motifs is 1. The van der Waals surface area contributed by atoms with E-state index < -0.39 is 0 Å². The number of benzene rings is 3. The van der Waals surface area contributed by atoms with Crippen LogP contribution >= 0.6 is 11.6 Å². The number of nitrogens with zero attached hydrogens (tertiary/aromatic N) is 1. The van der Waals surface area contributed by atoms with Gasteiger partial charge < -0.3 is 0 Å². The minimum absolute atomic E-state index is 0.674. The highest BCUT2D eigenvalue weighted by molar-refractivity contribution is 6.51. The second-order valence-corrected chi connectivity index (χ2v) is 5.20. The van der Waals surface area contributed by atoms with Crippen molar-refractivity contribution in [2.75, 3.05) is 0 Å². The monoisotopic (exact) mass is 289 g/mol. The number of hydrogen-bond donors (Lipinski definition) is 0. The van der Waals surface area contributed by atoms with E-state index in [0.29, 0.717) is 10.6 Å². The Morgan fingerprint density at radius 1 is 0.905 bits per heavy atom. The first kappa shape index (κ1) is 13.4. The molecule has 0 saturated heterocycles. The van der Waals surface area contributed by atoms with E-state index in [0.717, 1.165) is 21.9 Å². The van der Waals surface area contributed by atoms with Gasteiger partial charge in [-0.05, 0) is 46.2 Å². The van der Waals surface area contributed by atoms with Crippen LogP contribution < -0.4 is 0 Å². The average Bonchev–Trinajstić information content (AvgIpc) is 2.55. The van der Waals surface area contributed by atoms with Crippen molar-refractivity contribution in [3.63, 3.8) is 0 Å². The summed E-state index contributed by atoms with van der Waals surface area (Å²) in [4.78, 5) is 0. The minimum Gasteiger partial charge on any atom is -0.192 e. The fourth-order valence-electron chi connectivity index (χ4n) is 2.25. The van der Waals surface area contributed by atoms with Crippen molar-refractivity contribution in [1.29, 1.82) is 5.26 Å². The normalized spacial score (nSPS) is 11.3. The zero-order chi connectivity index (χ0) is 14.7. The van der Waals surface area contributed by atoms with Gasteiger partial charge in [-0.25, -0.2) is 0 Å². The molecule has 0 bridgehead atoms. The molecule has 21 heavy (non-hydrogen) atoms. The van der Waals surface area contributed by atoms with Crippen LogP contribution in [-0.2, 0) is 0 Å². The van der Waals surface area contributed by atoms with Gasteiger partial charge in [0.05, 0.1) is 11.6 Å². The standard InChI is InChI=1S/C19H12ClN/c20-19(16-4-2-1-3-5-16)12-14-6-8-18-11-15(13-21)7-9-17(18)10-14/h1-12H. The summed E-state index contributed by atoms with van der Waals surface area (Å²) in [5.41, 5.74) is 2.72. The summed E-state index contributed by atoms with van der Waals surface area (Å²) in [6.45, 7) is 0.